The zero-order valence-electron chi connectivity index (χ0n) is 13.3. The predicted molar refractivity (Wildman–Crippen MR) is 84.3 cm³/mol. The lowest BCUT2D eigenvalue weighted by Gasteiger charge is -2.40. The molecule has 1 saturated carbocycles. The molecule has 3 atom stereocenters. The zero-order valence-corrected chi connectivity index (χ0v) is 13.3. The number of hydrogen-bond donors (Lipinski definition) is 2. The van der Waals surface area contributed by atoms with Gasteiger partial charge in [0.2, 0.25) is 0 Å². The van der Waals surface area contributed by atoms with Crippen LogP contribution in [0.4, 0.5) is 5.69 Å². The van der Waals surface area contributed by atoms with E-state index in [1.165, 1.54) is 0 Å². The smallest absolute Gasteiger partial charge is 0.261 e. The van der Waals surface area contributed by atoms with E-state index in [9.17, 15) is 14.7 Å². The Kier molecular flexibility index (Phi) is 3.40. The van der Waals surface area contributed by atoms with Gasteiger partial charge < -0.3 is 10.4 Å². The van der Waals surface area contributed by atoms with Crippen molar-refractivity contribution in [2.75, 3.05) is 5.32 Å². The van der Waals surface area contributed by atoms with Crippen molar-refractivity contribution < 1.29 is 14.7 Å². The van der Waals surface area contributed by atoms with E-state index in [-0.39, 0.29) is 11.2 Å². The molecule has 4 heteroatoms. The van der Waals surface area contributed by atoms with Crippen molar-refractivity contribution in [2.24, 2.45) is 17.3 Å². The van der Waals surface area contributed by atoms with Gasteiger partial charge in [0, 0.05) is 17.7 Å². The first-order valence-corrected chi connectivity index (χ1v) is 7.90. The summed E-state index contributed by atoms with van der Waals surface area (Å²) in [6, 6.07) is 7.09. The van der Waals surface area contributed by atoms with Crippen LogP contribution in [-0.2, 0) is 15.2 Å². The summed E-state index contributed by atoms with van der Waals surface area (Å²) in [7, 11) is 0. The molecule has 0 radical (unpaired) electrons. The minimum absolute atomic E-state index is 0.000489. The van der Waals surface area contributed by atoms with Gasteiger partial charge in [-0.1, -0.05) is 39.0 Å². The number of ketones is 1. The number of carbonyl (C=O) groups is 2. The van der Waals surface area contributed by atoms with Crippen LogP contribution in [0.2, 0.25) is 0 Å². The first kappa shape index (κ1) is 15.2. The van der Waals surface area contributed by atoms with Crippen LogP contribution < -0.4 is 5.32 Å². The van der Waals surface area contributed by atoms with Crippen LogP contribution in [0.15, 0.2) is 24.3 Å². The summed E-state index contributed by atoms with van der Waals surface area (Å²) in [5.41, 5.74) is -0.497. The molecule has 2 N–H and O–H groups in total. The second kappa shape index (κ2) is 4.92. The molecule has 1 aromatic carbocycles. The molecule has 1 amide bonds. The van der Waals surface area contributed by atoms with Gasteiger partial charge in [-0.2, -0.15) is 0 Å². The summed E-state index contributed by atoms with van der Waals surface area (Å²) >= 11 is 0. The normalized spacial score (nSPS) is 31.8. The molecule has 0 spiro atoms. The van der Waals surface area contributed by atoms with Crippen LogP contribution in [0.1, 0.15) is 45.6 Å². The van der Waals surface area contributed by atoms with Crippen molar-refractivity contribution in [3.05, 3.63) is 29.8 Å². The highest BCUT2D eigenvalue weighted by Crippen LogP contribution is 2.48. The number of anilines is 1. The summed E-state index contributed by atoms with van der Waals surface area (Å²) in [4.78, 5) is 25.0. The maximum absolute atomic E-state index is 12.7. The van der Waals surface area contributed by atoms with Gasteiger partial charge in [-0.15, -0.1) is 0 Å². The van der Waals surface area contributed by atoms with E-state index < -0.39 is 17.4 Å². The second-order valence-corrected chi connectivity index (χ2v) is 7.63. The summed E-state index contributed by atoms with van der Waals surface area (Å²) in [6.07, 6.45) is 1.85. The maximum Gasteiger partial charge on any atom is 0.261 e. The first-order chi connectivity index (χ1) is 10.2. The molecule has 0 aromatic heterocycles. The number of aliphatic hydroxyl groups is 1. The molecular weight excluding hydrogens is 278 g/mol. The molecule has 1 aliphatic heterocycles. The minimum Gasteiger partial charge on any atom is -0.375 e. The minimum atomic E-state index is -1.71. The number of carbonyl (C=O) groups excluding carboxylic acids is 2. The van der Waals surface area contributed by atoms with Crippen LogP contribution in [0, 0.1) is 17.3 Å². The number of fused-ring (bicyclic) bond motifs is 1. The van der Waals surface area contributed by atoms with E-state index in [0.29, 0.717) is 30.0 Å². The van der Waals surface area contributed by atoms with Crippen LogP contribution in [0.25, 0.3) is 0 Å². The summed E-state index contributed by atoms with van der Waals surface area (Å²) in [6.45, 7) is 6.41. The van der Waals surface area contributed by atoms with Crippen molar-refractivity contribution in [1.82, 2.24) is 0 Å². The molecule has 4 nitrogen and oxygen atoms in total. The van der Waals surface area contributed by atoms with E-state index in [0.717, 1.165) is 6.42 Å². The Morgan fingerprint density at radius 1 is 1.18 bits per heavy atom. The first-order valence-electron chi connectivity index (χ1n) is 7.90. The quantitative estimate of drug-likeness (QED) is 0.838. The molecule has 22 heavy (non-hydrogen) atoms. The lowest BCUT2D eigenvalue weighted by molar-refractivity contribution is -0.152. The van der Waals surface area contributed by atoms with Gasteiger partial charge in [-0.25, -0.2) is 0 Å². The van der Waals surface area contributed by atoms with Gasteiger partial charge in [0.1, 0.15) is 5.78 Å². The molecule has 0 saturated heterocycles. The fraction of sp³-hybridized carbons (Fsp3) is 0.556. The van der Waals surface area contributed by atoms with Crippen LogP contribution in [0.5, 0.6) is 0 Å². The van der Waals surface area contributed by atoms with Crippen molar-refractivity contribution in [2.45, 2.75) is 45.6 Å². The van der Waals surface area contributed by atoms with Gasteiger partial charge in [0.25, 0.3) is 5.91 Å². The number of hydrogen-bond acceptors (Lipinski definition) is 3. The highest BCUT2D eigenvalue weighted by molar-refractivity contribution is 6.08. The average Bonchev–Trinajstić information content (AvgIpc) is 2.70. The van der Waals surface area contributed by atoms with Gasteiger partial charge in [0.05, 0.1) is 5.92 Å². The summed E-state index contributed by atoms with van der Waals surface area (Å²) in [5.74, 6) is -0.809. The van der Waals surface area contributed by atoms with Crippen LogP contribution in [0.3, 0.4) is 0 Å². The van der Waals surface area contributed by atoms with Gasteiger partial charge in [-0.05, 0) is 30.2 Å². The SMILES string of the molecule is CC(C)(C)[C@@H]1CC[C@H]([C@@]2(O)C(=O)Nc3ccccc32)C(=O)C1. The lowest BCUT2D eigenvalue weighted by atomic mass is 9.65. The van der Waals surface area contributed by atoms with Crippen molar-refractivity contribution >= 4 is 17.4 Å². The average molecular weight is 301 g/mol. The molecule has 3 rings (SSSR count). The molecule has 1 fully saturated rings. The molecular formula is C18H23NO3. The Balaban J connectivity index is 1.92. The maximum atomic E-state index is 12.7. The highest BCUT2D eigenvalue weighted by Gasteiger charge is 2.55. The number of rotatable bonds is 1. The Hall–Kier alpha value is -1.68. The standard InChI is InChI=1S/C18H23NO3/c1-17(2,3)11-8-9-13(15(20)10-11)18(22)12-6-4-5-7-14(12)19-16(18)21/h4-7,11,13,22H,8-10H2,1-3H3,(H,19,21)/t11-,13+,18-/m1/s1. The van der Waals surface area contributed by atoms with Crippen molar-refractivity contribution in [1.29, 1.82) is 0 Å². The number of para-hydroxylation sites is 1. The van der Waals surface area contributed by atoms with Gasteiger partial charge in [0.15, 0.2) is 5.60 Å². The molecule has 1 aliphatic carbocycles. The van der Waals surface area contributed by atoms with Gasteiger partial charge in [-0.3, -0.25) is 9.59 Å². The number of benzene rings is 1. The molecule has 1 heterocycles. The molecule has 1 aromatic rings. The predicted octanol–water partition coefficient (Wildman–Crippen LogP) is 2.86. The third-order valence-electron chi connectivity index (χ3n) is 5.30. The highest BCUT2D eigenvalue weighted by atomic mass is 16.3. The largest absolute Gasteiger partial charge is 0.375 e. The van der Waals surface area contributed by atoms with Gasteiger partial charge >= 0.3 is 0 Å². The van der Waals surface area contributed by atoms with E-state index in [1.807, 2.05) is 6.07 Å². The Morgan fingerprint density at radius 2 is 1.86 bits per heavy atom. The molecule has 0 bridgehead atoms. The van der Waals surface area contributed by atoms with E-state index in [2.05, 4.69) is 26.1 Å². The third-order valence-corrected chi connectivity index (χ3v) is 5.30. The van der Waals surface area contributed by atoms with Crippen molar-refractivity contribution in [3.63, 3.8) is 0 Å². The molecule has 2 aliphatic rings. The fourth-order valence-electron chi connectivity index (χ4n) is 3.81. The van der Waals surface area contributed by atoms with Crippen LogP contribution >= 0.6 is 0 Å². The summed E-state index contributed by atoms with van der Waals surface area (Å²) in [5, 5.41) is 13.8. The number of Topliss-reactive ketones (excluding diaryl/α,β-unsaturated/α-hetero) is 1. The second-order valence-electron chi connectivity index (χ2n) is 7.63. The van der Waals surface area contributed by atoms with Crippen molar-refractivity contribution in [3.8, 4) is 0 Å². The van der Waals surface area contributed by atoms with E-state index in [4.69, 9.17) is 0 Å². The topological polar surface area (TPSA) is 66.4 Å². The Bertz CT molecular complexity index is 631. The fourth-order valence-corrected chi connectivity index (χ4v) is 3.81. The third kappa shape index (κ3) is 2.17. The van der Waals surface area contributed by atoms with E-state index >= 15 is 0 Å². The van der Waals surface area contributed by atoms with E-state index in [1.54, 1.807) is 18.2 Å². The zero-order chi connectivity index (χ0) is 16.1. The number of nitrogens with one attached hydrogen (secondary N) is 1. The summed E-state index contributed by atoms with van der Waals surface area (Å²) < 4.78 is 0. The monoisotopic (exact) mass is 301 g/mol. The van der Waals surface area contributed by atoms with Crippen LogP contribution in [-0.4, -0.2) is 16.8 Å². The number of amides is 1. The molecule has 0 unspecified atom stereocenters. The lowest BCUT2D eigenvalue weighted by Crippen LogP contribution is -2.48. The Labute approximate surface area is 130 Å². The Morgan fingerprint density at radius 3 is 2.50 bits per heavy atom. The molecule has 118 valence electrons.